The highest BCUT2D eigenvalue weighted by Gasteiger charge is 2.35. The van der Waals surface area contributed by atoms with Crippen LogP contribution in [0.25, 0.3) is 0 Å². The zero-order chi connectivity index (χ0) is 19.5. The molecule has 1 aliphatic carbocycles. The number of halogens is 4. The van der Waals surface area contributed by atoms with Crippen molar-refractivity contribution in [3.8, 4) is 0 Å². The van der Waals surface area contributed by atoms with Crippen LogP contribution in [0.2, 0.25) is 5.02 Å². The van der Waals surface area contributed by atoms with Crippen molar-refractivity contribution >= 4 is 29.3 Å². The van der Waals surface area contributed by atoms with E-state index in [4.69, 9.17) is 16.7 Å². The summed E-state index contributed by atoms with van der Waals surface area (Å²) in [7, 11) is 0. The molecule has 0 bridgehead atoms. The van der Waals surface area contributed by atoms with Gasteiger partial charge >= 0.3 is 18.2 Å². The Morgan fingerprint density at radius 2 is 2.00 bits per heavy atom. The van der Waals surface area contributed by atoms with E-state index in [9.17, 15) is 22.8 Å². The number of carboxylic acids is 1. The third kappa shape index (κ3) is 5.25. The summed E-state index contributed by atoms with van der Waals surface area (Å²) >= 11 is 5.79. The van der Waals surface area contributed by atoms with Crippen molar-refractivity contribution in [1.29, 1.82) is 0 Å². The molecule has 1 aromatic rings. The summed E-state index contributed by atoms with van der Waals surface area (Å²) in [4.78, 5) is 24.6. The van der Waals surface area contributed by atoms with E-state index in [1.54, 1.807) is 0 Å². The van der Waals surface area contributed by atoms with Gasteiger partial charge in [0.25, 0.3) is 0 Å². The average Bonchev–Trinajstić information content (AvgIpc) is 2.49. The van der Waals surface area contributed by atoms with Gasteiger partial charge in [-0.05, 0) is 37.6 Å². The van der Waals surface area contributed by atoms with Crippen molar-refractivity contribution in [2.45, 2.75) is 38.0 Å². The molecule has 26 heavy (non-hydrogen) atoms. The predicted octanol–water partition coefficient (Wildman–Crippen LogP) is 3.42. The third-order valence-corrected chi connectivity index (χ3v) is 4.57. The smallest absolute Gasteiger partial charge is 0.416 e. The van der Waals surface area contributed by atoms with Crippen LogP contribution in [0.15, 0.2) is 18.2 Å². The van der Waals surface area contributed by atoms with Gasteiger partial charge in [0.1, 0.15) is 0 Å². The Hall–Kier alpha value is -2.00. The maximum absolute atomic E-state index is 12.6. The Morgan fingerprint density at radius 3 is 2.50 bits per heavy atom. The number of rotatable bonds is 6. The minimum Gasteiger partial charge on any atom is -0.480 e. The number of benzene rings is 1. The van der Waals surface area contributed by atoms with Crippen LogP contribution in [0.5, 0.6) is 0 Å². The van der Waals surface area contributed by atoms with Crippen LogP contribution >= 0.6 is 11.6 Å². The highest BCUT2D eigenvalue weighted by Crippen LogP contribution is 2.33. The lowest BCUT2D eigenvalue weighted by Gasteiger charge is -2.42. The molecule has 6 nitrogen and oxygen atoms in total. The number of alkyl halides is 3. The zero-order valence-electron chi connectivity index (χ0n) is 13.9. The highest BCUT2D eigenvalue weighted by atomic mass is 35.5. The number of hydrogen-bond donors (Lipinski definition) is 3. The van der Waals surface area contributed by atoms with E-state index < -0.39 is 23.7 Å². The van der Waals surface area contributed by atoms with E-state index >= 15 is 0 Å². The van der Waals surface area contributed by atoms with Gasteiger partial charge in [-0.3, -0.25) is 9.69 Å². The molecule has 0 saturated heterocycles. The first-order chi connectivity index (χ1) is 12.1. The minimum absolute atomic E-state index is 0.0543. The molecule has 2 amide bonds. The maximum Gasteiger partial charge on any atom is 0.416 e. The van der Waals surface area contributed by atoms with Crippen LogP contribution in [0.1, 0.15) is 25.3 Å². The quantitative estimate of drug-likeness (QED) is 0.691. The van der Waals surface area contributed by atoms with Gasteiger partial charge in [-0.25, -0.2) is 4.79 Å². The van der Waals surface area contributed by atoms with Gasteiger partial charge in [0.2, 0.25) is 0 Å². The van der Waals surface area contributed by atoms with Crippen LogP contribution in [0.4, 0.5) is 23.7 Å². The lowest BCUT2D eigenvalue weighted by Crippen LogP contribution is -2.55. The van der Waals surface area contributed by atoms with E-state index in [2.05, 4.69) is 10.6 Å². The molecule has 10 heteroatoms. The van der Waals surface area contributed by atoms with E-state index in [0.29, 0.717) is 19.4 Å². The molecule has 0 heterocycles. The SMILES string of the molecule is CCN(CC(=O)O)C1CC(NC(=O)Nc2ccc(C(F)(F)F)cc2Cl)C1. The zero-order valence-corrected chi connectivity index (χ0v) is 14.7. The van der Waals surface area contributed by atoms with Crippen molar-refractivity contribution in [1.82, 2.24) is 10.2 Å². The first-order valence-electron chi connectivity index (χ1n) is 8.00. The summed E-state index contributed by atoms with van der Waals surface area (Å²) in [6, 6.07) is 2.07. The molecule has 0 atom stereocenters. The lowest BCUT2D eigenvalue weighted by atomic mass is 9.85. The van der Waals surface area contributed by atoms with E-state index in [-0.39, 0.29) is 29.3 Å². The molecular formula is C16H19ClF3N3O3. The molecule has 0 spiro atoms. The number of hydrogen-bond acceptors (Lipinski definition) is 3. The summed E-state index contributed by atoms with van der Waals surface area (Å²) in [6.45, 7) is 2.40. The van der Waals surface area contributed by atoms with Crippen molar-refractivity contribution in [3.05, 3.63) is 28.8 Å². The summed E-state index contributed by atoms with van der Waals surface area (Å²) in [5.41, 5.74) is -0.817. The summed E-state index contributed by atoms with van der Waals surface area (Å²) in [5.74, 6) is -0.905. The van der Waals surface area contributed by atoms with Crippen LogP contribution in [-0.2, 0) is 11.0 Å². The van der Waals surface area contributed by atoms with E-state index in [1.165, 1.54) is 0 Å². The first-order valence-corrected chi connectivity index (χ1v) is 8.38. The molecule has 1 fully saturated rings. The number of anilines is 1. The molecule has 1 saturated carbocycles. The maximum atomic E-state index is 12.6. The van der Waals surface area contributed by atoms with E-state index in [1.807, 2.05) is 11.8 Å². The summed E-state index contributed by atoms with van der Waals surface area (Å²) < 4.78 is 37.8. The molecule has 0 aromatic heterocycles. The minimum atomic E-state index is -4.51. The number of aliphatic carboxylic acids is 1. The Balaban J connectivity index is 1.84. The topological polar surface area (TPSA) is 81.7 Å². The number of nitrogens with one attached hydrogen (secondary N) is 2. The second-order valence-electron chi connectivity index (χ2n) is 6.07. The molecule has 2 rings (SSSR count). The molecule has 1 aliphatic rings. The van der Waals surface area contributed by atoms with Gasteiger partial charge in [-0.2, -0.15) is 13.2 Å². The number of carbonyl (C=O) groups is 2. The van der Waals surface area contributed by atoms with Gasteiger partial charge in [0.15, 0.2) is 0 Å². The summed E-state index contributed by atoms with van der Waals surface area (Å²) in [5, 5.41) is 13.8. The predicted molar refractivity (Wildman–Crippen MR) is 90.3 cm³/mol. The fraction of sp³-hybridized carbons (Fsp3) is 0.500. The standard InChI is InChI=1S/C16H19ClF3N3O3/c1-2-23(8-14(24)25)11-6-10(7-11)21-15(26)22-13-4-3-9(5-12(13)17)16(18,19)20/h3-5,10-11H,2,6-8H2,1H3,(H,24,25)(H2,21,22,26). The number of amides is 2. The van der Waals surface area contributed by atoms with Gasteiger partial charge in [-0.15, -0.1) is 0 Å². The number of carboxylic acid groups (broad SMARTS) is 1. The third-order valence-electron chi connectivity index (χ3n) is 4.25. The molecule has 3 N–H and O–H groups in total. The second kappa shape index (κ2) is 8.13. The lowest BCUT2D eigenvalue weighted by molar-refractivity contribution is -0.139. The Labute approximate surface area is 153 Å². The molecule has 0 unspecified atom stereocenters. The first kappa shape index (κ1) is 20.3. The van der Waals surface area contributed by atoms with Crippen LogP contribution in [-0.4, -0.2) is 47.2 Å². The van der Waals surface area contributed by atoms with Gasteiger partial charge in [-0.1, -0.05) is 18.5 Å². The Kier molecular flexibility index (Phi) is 6.35. The van der Waals surface area contributed by atoms with Crippen LogP contribution in [0, 0.1) is 0 Å². The van der Waals surface area contributed by atoms with Gasteiger partial charge in [0, 0.05) is 12.1 Å². The molecule has 0 aliphatic heterocycles. The monoisotopic (exact) mass is 393 g/mol. The Bertz CT molecular complexity index is 678. The average molecular weight is 394 g/mol. The second-order valence-corrected chi connectivity index (χ2v) is 6.48. The normalized spacial score (nSPS) is 19.8. The van der Waals surface area contributed by atoms with Gasteiger partial charge < -0.3 is 15.7 Å². The largest absolute Gasteiger partial charge is 0.480 e. The molecule has 0 radical (unpaired) electrons. The fourth-order valence-corrected chi connectivity index (χ4v) is 3.04. The van der Waals surface area contributed by atoms with E-state index in [0.717, 1.165) is 18.2 Å². The number of carbonyl (C=O) groups excluding carboxylic acids is 1. The van der Waals surface area contributed by atoms with Crippen molar-refractivity contribution in [2.75, 3.05) is 18.4 Å². The number of likely N-dealkylation sites (N-methyl/N-ethyl adjacent to an activating group) is 1. The van der Waals surface area contributed by atoms with Crippen LogP contribution in [0.3, 0.4) is 0 Å². The van der Waals surface area contributed by atoms with Crippen molar-refractivity contribution in [3.63, 3.8) is 0 Å². The summed E-state index contributed by atoms with van der Waals surface area (Å²) in [6.07, 6.45) is -3.29. The van der Waals surface area contributed by atoms with Crippen molar-refractivity contribution < 1.29 is 27.9 Å². The molecular weight excluding hydrogens is 375 g/mol. The number of nitrogens with zero attached hydrogens (tertiary/aromatic N) is 1. The highest BCUT2D eigenvalue weighted by molar-refractivity contribution is 6.33. The molecule has 1 aromatic carbocycles. The van der Waals surface area contributed by atoms with Gasteiger partial charge in [0.05, 0.1) is 22.8 Å². The van der Waals surface area contributed by atoms with Crippen LogP contribution < -0.4 is 10.6 Å². The number of urea groups is 1. The van der Waals surface area contributed by atoms with Crippen molar-refractivity contribution in [2.24, 2.45) is 0 Å². The Morgan fingerprint density at radius 1 is 1.35 bits per heavy atom. The fourth-order valence-electron chi connectivity index (χ4n) is 2.81. The molecule has 144 valence electrons.